The Morgan fingerprint density at radius 1 is 1.25 bits per heavy atom. The molecule has 1 heterocycles. The first-order chi connectivity index (χ1) is 9.43. The standard InChI is InChI=1S/C14H13F4NS/c1-19-12(7-9-5-6-20-8-9)10-3-2-4-11(13(10)15)14(16,17)18/h2-6,8,12,19H,7H2,1H3. The van der Waals surface area contributed by atoms with E-state index in [1.54, 1.807) is 7.05 Å². The number of nitrogens with one attached hydrogen (secondary N) is 1. The van der Waals surface area contributed by atoms with Gasteiger partial charge in [0.25, 0.3) is 0 Å². The van der Waals surface area contributed by atoms with Crippen LogP contribution in [-0.4, -0.2) is 7.05 Å². The summed E-state index contributed by atoms with van der Waals surface area (Å²) in [5.41, 5.74) is -0.222. The van der Waals surface area contributed by atoms with Gasteiger partial charge in [0, 0.05) is 11.6 Å². The summed E-state index contributed by atoms with van der Waals surface area (Å²) in [6.45, 7) is 0. The number of benzene rings is 1. The zero-order valence-electron chi connectivity index (χ0n) is 10.7. The van der Waals surface area contributed by atoms with Crippen LogP contribution in [0.4, 0.5) is 17.6 Å². The predicted molar refractivity (Wildman–Crippen MR) is 71.2 cm³/mol. The van der Waals surface area contributed by atoms with Crippen molar-refractivity contribution in [2.45, 2.75) is 18.6 Å². The van der Waals surface area contributed by atoms with Crippen LogP contribution in [0.3, 0.4) is 0 Å². The van der Waals surface area contributed by atoms with Gasteiger partial charge in [-0.25, -0.2) is 4.39 Å². The minimum Gasteiger partial charge on any atom is -0.313 e. The number of likely N-dealkylation sites (N-methyl/N-ethyl adjacent to an activating group) is 1. The quantitative estimate of drug-likeness (QED) is 0.825. The highest BCUT2D eigenvalue weighted by molar-refractivity contribution is 7.07. The average Bonchev–Trinajstić information content (AvgIpc) is 2.88. The van der Waals surface area contributed by atoms with Crippen molar-refractivity contribution in [3.8, 4) is 0 Å². The number of hydrogen-bond acceptors (Lipinski definition) is 2. The Hall–Kier alpha value is -1.40. The van der Waals surface area contributed by atoms with Crippen LogP contribution in [0, 0.1) is 5.82 Å². The van der Waals surface area contributed by atoms with Crippen molar-refractivity contribution in [1.29, 1.82) is 0 Å². The van der Waals surface area contributed by atoms with Crippen LogP contribution in [0.1, 0.15) is 22.7 Å². The largest absolute Gasteiger partial charge is 0.419 e. The second-order valence-electron chi connectivity index (χ2n) is 4.38. The average molecular weight is 303 g/mol. The molecule has 0 saturated heterocycles. The third kappa shape index (κ3) is 3.19. The van der Waals surface area contributed by atoms with E-state index < -0.39 is 23.6 Å². The molecule has 0 aliphatic heterocycles. The molecule has 1 nitrogen and oxygen atoms in total. The monoisotopic (exact) mass is 303 g/mol. The minimum atomic E-state index is -4.68. The van der Waals surface area contributed by atoms with Crippen molar-refractivity contribution >= 4 is 11.3 Å². The highest BCUT2D eigenvalue weighted by atomic mass is 32.1. The van der Waals surface area contributed by atoms with E-state index >= 15 is 0 Å². The van der Waals surface area contributed by atoms with E-state index in [9.17, 15) is 17.6 Å². The van der Waals surface area contributed by atoms with Gasteiger partial charge in [-0.05, 0) is 41.9 Å². The Morgan fingerprint density at radius 2 is 2.00 bits per heavy atom. The molecule has 0 spiro atoms. The number of rotatable bonds is 4. The normalized spacial score (nSPS) is 13.4. The molecule has 1 aromatic heterocycles. The lowest BCUT2D eigenvalue weighted by Gasteiger charge is -2.19. The van der Waals surface area contributed by atoms with E-state index in [0.717, 1.165) is 11.6 Å². The summed E-state index contributed by atoms with van der Waals surface area (Å²) in [5, 5.41) is 6.65. The van der Waals surface area contributed by atoms with Crippen molar-refractivity contribution in [2.24, 2.45) is 0 Å². The number of thiophene rings is 1. The maximum absolute atomic E-state index is 14.1. The van der Waals surface area contributed by atoms with Crippen molar-refractivity contribution in [1.82, 2.24) is 5.32 Å². The van der Waals surface area contributed by atoms with Crippen molar-refractivity contribution < 1.29 is 17.6 Å². The Balaban J connectivity index is 2.35. The second-order valence-corrected chi connectivity index (χ2v) is 5.16. The SMILES string of the molecule is CNC(Cc1ccsc1)c1cccc(C(F)(F)F)c1F. The van der Waals surface area contributed by atoms with Crippen LogP contribution >= 0.6 is 11.3 Å². The van der Waals surface area contributed by atoms with Gasteiger partial charge in [0.05, 0.1) is 5.56 Å². The van der Waals surface area contributed by atoms with Crippen molar-refractivity contribution in [3.63, 3.8) is 0 Å². The van der Waals surface area contributed by atoms with Gasteiger partial charge in [-0.15, -0.1) is 0 Å². The summed E-state index contributed by atoms with van der Waals surface area (Å²) in [6.07, 6.45) is -4.24. The molecular formula is C14H13F4NS. The highest BCUT2D eigenvalue weighted by Gasteiger charge is 2.35. The van der Waals surface area contributed by atoms with E-state index in [0.29, 0.717) is 6.42 Å². The van der Waals surface area contributed by atoms with E-state index in [4.69, 9.17) is 0 Å². The maximum Gasteiger partial charge on any atom is 0.419 e. The molecule has 1 aromatic carbocycles. The Labute approximate surface area is 118 Å². The fraction of sp³-hybridized carbons (Fsp3) is 0.286. The minimum absolute atomic E-state index is 0.0357. The van der Waals surface area contributed by atoms with E-state index in [1.165, 1.54) is 23.5 Å². The van der Waals surface area contributed by atoms with Gasteiger partial charge in [0.2, 0.25) is 0 Å². The van der Waals surface area contributed by atoms with Gasteiger partial charge < -0.3 is 5.32 Å². The maximum atomic E-state index is 14.1. The van der Waals surface area contributed by atoms with Gasteiger partial charge in [-0.3, -0.25) is 0 Å². The van der Waals surface area contributed by atoms with Crippen LogP contribution in [-0.2, 0) is 12.6 Å². The van der Waals surface area contributed by atoms with Crippen molar-refractivity contribution in [3.05, 3.63) is 57.5 Å². The molecule has 1 N–H and O–H groups in total. The number of alkyl halides is 3. The molecule has 0 amide bonds. The van der Waals surface area contributed by atoms with Gasteiger partial charge in [-0.1, -0.05) is 12.1 Å². The lowest BCUT2D eigenvalue weighted by Crippen LogP contribution is -2.21. The third-order valence-electron chi connectivity index (χ3n) is 3.08. The Bertz CT molecular complexity index is 563. The lowest BCUT2D eigenvalue weighted by molar-refractivity contribution is -0.140. The summed E-state index contributed by atoms with van der Waals surface area (Å²) in [4.78, 5) is 0. The molecule has 6 heteroatoms. The summed E-state index contributed by atoms with van der Waals surface area (Å²) in [6, 6.07) is 4.76. The first-order valence-electron chi connectivity index (χ1n) is 5.97. The van der Waals surface area contributed by atoms with Crippen molar-refractivity contribution in [2.75, 3.05) is 7.05 Å². The smallest absolute Gasteiger partial charge is 0.313 e. The van der Waals surface area contributed by atoms with Crippen LogP contribution in [0.5, 0.6) is 0 Å². The fourth-order valence-electron chi connectivity index (χ4n) is 2.05. The lowest BCUT2D eigenvalue weighted by atomic mass is 9.98. The molecule has 0 saturated carbocycles. The molecule has 0 aliphatic carbocycles. The zero-order chi connectivity index (χ0) is 14.8. The number of hydrogen-bond donors (Lipinski definition) is 1. The third-order valence-corrected chi connectivity index (χ3v) is 3.81. The highest BCUT2D eigenvalue weighted by Crippen LogP contribution is 2.34. The molecule has 0 aliphatic rings. The number of halogens is 4. The van der Waals surface area contributed by atoms with Gasteiger partial charge in [0.15, 0.2) is 0 Å². The molecule has 1 unspecified atom stereocenters. The Kier molecular flexibility index (Phi) is 4.45. The summed E-state index contributed by atoms with van der Waals surface area (Å²) in [5.74, 6) is -1.20. The van der Waals surface area contributed by atoms with Crippen LogP contribution < -0.4 is 5.32 Å². The summed E-state index contributed by atoms with van der Waals surface area (Å²) in [7, 11) is 1.61. The molecule has 2 aromatic rings. The van der Waals surface area contributed by atoms with Crippen LogP contribution in [0.15, 0.2) is 35.0 Å². The molecule has 108 valence electrons. The topological polar surface area (TPSA) is 12.0 Å². The predicted octanol–water partition coefficient (Wildman–Crippen LogP) is 4.41. The Morgan fingerprint density at radius 3 is 2.55 bits per heavy atom. The van der Waals surface area contributed by atoms with Gasteiger partial charge in [-0.2, -0.15) is 24.5 Å². The molecule has 1 atom stereocenters. The zero-order valence-corrected chi connectivity index (χ0v) is 11.5. The van der Waals surface area contributed by atoms with E-state index in [2.05, 4.69) is 5.32 Å². The van der Waals surface area contributed by atoms with E-state index in [-0.39, 0.29) is 5.56 Å². The molecule has 0 fully saturated rings. The van der Waals surface area contributed by atoms with Crippen LogP contribution in [0.25, 0.3) is 0 Å². The first-order valence-corrected chi connectivity index (χ1v) is 6.91. The molecule has 2 rings (SSSR count). The summed E-state index contributed by atoms with van der Waals surface area (Å²) >= 11 is 1.50. The summed E-state index contributed by atoms with van der Waals surface area (Å²) < 4.78 is 52.2. The van der Waals surface area contributed by atoms with Gasteiger partial charge >= 0.3 is 6.18 Å². The van der Waals surface area contributed by atoms with E-state index in [1.807, 2.05) is 16.8 Å². The first kappa shape index (κ1) is 15.0. The van der Waals surface area contributed by atoms with Gasteiger partial charge in [0.1, 0.15) is 5.82 Å². The molecule has 0 radical (unpaired) electrons. The molecular weight excluding hydrogens is 290 g/mol. The molecule has 0 bridgehead atoms. The van der Waals surface area contributed by atoms with Crippen LogP contribution in [0.2, 0.25) is 0 Å². The fourth-order valence-corrected chi connectivity index (χ4v) is 2.73. The second kappa shape index (κ2) is 5.93. The molecule has 20 heavy (non-hydrogen) atoms.